The molecule has 0 N–H and O–H groups in total. The number of carbonyl (C=O) groups is 3. The van der Waals surface area contributed by atoms with Crippen molar-refractivity contribution in [2.24, 2.45) is 35.5 Å². The highest BCUT2D eigenvalue weighted by Gasteiger charge is 2.67. The Bertz CT molecular complexity index is 1100. The average molecular weight is 399 g/mol. The molecule has 2 aromatic carbocycles. The van der Waals surface area contributed by atoms with Gasteiger partial charge in [-0.1, -0.05) is 30.4 Å². The van der Waals surface area contributed by atoms with Gasteiger partial charge in [-0.15, -0.1) is 0 Å². The van der Waals surface area contributed by atoms with Crippen molar-refractivity contribution in [1.82, 2.24) is 0 Å². The molecule has 4 aliphatic carbocycles. The molecular formula is C25H21NO4. The Balaban J connectivity index is 1.29. The molecule has 0 radical (unpaired) electrons. The van der Waals surface area contributed by atoms with Gasteiger partial charge in [-0.3, -0.25) is 9.59 Å². The van der Waals surface area contributed by atoms with Crippen molar-refractivity contribution in [1.29, 1.82) is 0 Å². The molecule has 1 heterocycles. The van der Waals surface area contributed by atoms with Crippen molar-refractivity contribution >= 4 is 23.5 Å². The predicted octanol–water partition coefficient (Wildman–Crippen LogP) is 3.77. The summed E-state index contributed by atoms with van der Waals surface area (Å²) < 4.78 is 5.47. The van der Waals surface area contributed by atoms with Crippen molar-refractivity contribution < 1.29 is 19.1 Å². The van der Waals surface area contributed by atoms with Crippen LogP contribution in [0.15, 0.2) is 60.7 Å². The van der Waals surface area contributed by atoms with Crippen molar-refractivity contribution in [3.05, 3.63) is 71.8 Å². The number of amides is 2. The number of aryl methyl sites for hydroxylation is 1. The summed E-state index contributed by atoms with van der Waals surface area (Å²) in [5.74, 6) is 0.689. The average Bonchev–Trinajstić information content (AvgIpc) is 3.52. The fourth-order valence-electron chi connectivity index (χ4n) is 5.83. The number of carbonyl (C=O) groups excluding carboxylic acids is 3. The molecule has 3 fully saturated rings. The van der Waals surface area contributed by atoms with Crippen LogP contribution in [0.1, 0.15) is 22.3 Å². The van der Waals surface area contributed by atoms with Crippen LogP contribution < -0.4 is 9.64 Å². The summed E-state index contributed by atoms with van der Waals surface area (Å²) in [6.45, 7) is 1.92. The van der Waals surface area contributed by atoms with Gasteiger partial charge < -0.3 is 4.74 Å². The molecule has 2 saturated carbocycles. The van der Waals surface area contributed by atoms with E-state index in [0.717, 1.165) is 12.0 Å². The molecule has 1 aliphatic heterocycles. The number of benzene rings is 2. The highest BCUT2D eigenvalue weighted by molar-refractivity contribution is 6.23. The number of hydrogen-bond donors (Lipinski definition) is 0. The van der Waals surface area contributed by atoms with Crippen LogP contribution in [-0.2, 0) is 9.59 Å². The van der Waals surface area contributed by atoms with E-state index in [1.54, 1.807) is 36.4 Å². The zero-order chi connectivity index (χ0) is 20.6. The maximum absolute atomic E-state index is 13.3. The van der Waals surface area contributed by atoms with Crippen LogP contribution >= 0.6 is 0 Å². The van der Waals surface area contributed by atoms with Crippen LogP contribution in [0.2, 0.25) is 0 Å². The van der Waals surface area contributed by atoms with Crippen molar-refractivity contribution in [2.45, 2.75) is 13.3 Å². The second-order valence-corrected chi connectivity index (χ2v) is 8.92. The number of esters is 1. The van der Waals surface area contributed by atoms with Crippen LogP contribution in [-0.4, -0.2) is 17.8 Å². The van der Waals surface area contributed by atoms with Gasteiger partial charge in [0.2, 0.25) is 11.8 Å². The molecule has 0 unspecified atom stereocenters. The molecule has 5 heteroatoms. The largest absolute Gasteiger partial charge is 0.423 e. The molecule has 5 nitrogen and oxygen atoms in total. The molecule has 1 saturated heterocycles. The second-order valence-electron chi connectivity index (χ2n) is 8.92. The predicted molar refractivity (Wildman–Crippen MR) is 110 cm³/mol. The lowest BCUT2D eigenvalue weighted by atomic mass is 9.63. The number of anilines is 1. The van der Waals surface area contributed by atoms with Gasteiger partial charge >= 0.3 is 5.97 Å². The summed E-state index contributed by atoms with van der Waals surface area (Å²) in [7, 11) is 0. The van der Waals surface area contributed by atoms with E-state index in [2.05, 4.69) is 12.2 Å². The van der Waals surface area contributed by atoms with Gasteiger partial charge in [-0.25, -0.2) is 9.69 Å². The van der Waals surface area contributed by atoms with Gasteiger partial charge in [-0.05, 0) is 72.9 Å². The summed E-state index contributed by atoms with van der Waals surface area (Å²) in [6.07, 6.45) is 5.45. The molecule has 2 aromatic rings. The molecule has 30 heavy (non-hydrogen) atoms. The summed E-state index contributed by atoms with van der Waals surface area (Å²) >= 11 is 0. The van der Waals surface area contributed by atoms with E-state index < -0.39 is 5.97 Å². The molecule has 0 aromatic heterocycles. The monoisotopic (exact) mass is 399 g/mol. The minimum atomic E-state index is -0.512. The molecule has 6 atom stereocenters. The van der Waals surface area contributed by atoms with E-state index in [0.29, 0.717) is 28.8 Å². The minimum Gasteiger partial charge on any atom is -0.423 e. The fraction of sp³-hybridized carbons (Fsp3) is 0.320. The Kier molecular flexibility index (Phi) is 3.61. The van der Waals surface area contributed by atoms with Crippen molar-refractivity contribution in [3.8, 4) is 5.75 Å². The topological polar surface area (TPSA) is 63.7 Å². The number of ether oxygens (including phenoxy) is 1. The highest BCUT2D eigenvalue weighted by atomic mass is 16.5. The smallest absolute Gasteiger partial charge is 0.343 e. The third-order valence-corrected chi connectivity index (χ3v) is 7.20. The number of rotatable bonds is 3. The number of nitrogens with zero attached hydrogens (tertiary/aromatic N) is 1. The number of allylic oxidation sites excluding steroid dienone is 2. The lowest BCUT2D eigenvalue weighted by Gasteiger charge is -2.37. The molecular weight excluding hydrogens is 378 g/mol. The first kappa shape index (κ1) is 17.6. The first-order valence-electron chi connectivity index (χ1n) is 10.5. The first-order valence-corrected chi connectivity index (χ1v) is 10.5. The van der Waals surface area contributed by atoms with Crippen LogP contribution in [0.25, 0.3) is 0 Å². The second kappa shape index (κ2) is 6.14. The molecule has 150 valence electrons. The lowest BCUT2D eigenvalue weighted by molar-refractivity contribution is -0.124. The van der Waals surface area contributed by atoms with E-state index >= 15 is 0 Å². The van der Waals surface area contributed by atoms with E-state index in [1.165, 1.54) is 4.90 Å². The van der Waals surface area contributed by atoms with Crippen molar-refractivity contribution in [3.63, 3.8) is 0 Å². The molecule has 5 aliphatic rings. The molecule has 2 amide bonds. The molecule has 0 spiro atoms. The van der Waals surface area contributed by atoms with Gasteiger partial charge in [0.15, 0.2) is 0 Å². The first-order chi connectivity index (χ1) is 14.5. The third kappa shape index (κ3) is 2.44. The van der Waals surface area contributed by atoms with E-state index in [1.807, 2.05) is 19.1 Å². The van der Waals surface area contributed by atoms with Crippen LogP contribution in [0.5, 0.6) is 5.75 Å². The molecule has 7 rings (SSSR count). The number of hydrogen-bond acceptors (Lipinski definition) is 4. The Morgan fingerprint density at radius 1 is 0.933 bits per heavy atom. The summed E-state index contributed by atoms with van der Waals surface area (Å²) in [6, 6.07) is 13.9. The summed E-state index contributed by atoms with van der Waals surface area (Å²) in [4.78, 5) is 40.5. The lowest BCUT2D eigenvalue weighted by Crippen LogP contribution is -2.40. The standard InChI is InChI=1S/C25H21NO4/c1-13-4-2-7-16(10-13)30-25(29)14-5-3-6-15(11-14)26-23(27)21-17-8-9-18(20-12-19(17)20)22(21)24(26)28/h2-11,17-22H,12H2,1H3/t17-,18-,19-,20-,21-,22+/m1/s1. The highest BCUT2D eigenvalue weighted by Crippen LogP contribution is 2.65. The SMILES string of the molecule is Cc1cccc(OC(=O)c2cccc(N3C(=O)[C@@H]4[C@@H]5C=C[C@H]([C@H]6C[C@H]56)[C@@H]4C3=O)c2)c1. The quantitative estimate of drug-likeness (QED) is 0.341. The van der Waals surface area contributed by atoms with Gasteiger partial charge in [0.25, 0.3) is 0 Å². The van der Waals surface area contributed by atoms with Crippen LogP contribution in [0.4, 0.5) is 5.69 Å². The maximum atomic E-state index is 13.3. The fourth-order valence-corrected chi connectivity index (χ4v) is 5.83. The van der Waals surface area contributed by atoms with Crippen LogP contribution in [0, 0.1) is 42.4 Å². The van der Waals surface area contributed by atoms with Crippen LogP contribution in [0.3, 0.4) is 0 Å². The normalized spacial score (nSPS) is 32.8. The van der Waals surface area contributed by atoms with Gasteiger partial charge in [-0.2, -0.15) is 0 Å². The minimum absolute atomic E-state index is 0.126. The Morgan fingerprint density at radius 3 is 2.27 bits per heavy atom. The van der Waals surface area contributed by atoms with Gasteiger partial charge in [0, 0.05) is 0 Å². The zero-order valence-electron chi connectivity index (χ0n) is 16.5. The van der Waals surface area contributed by atoms with E-state index in [-0.39, 0.29) is 35.5 Å². The Morgan fingerprint density at radius 2 is 1.60 bits per heavy atom. The van der Waals surface area contributed by atoms with E-state index in [9.17, 15) is 14.4 Å². The zero-order valence-corrected chi connectivity index (χ0v) is 16.5. The van der Waals surface area contributed by atoms with E-state index in [4.69, 9.17) is 4.74 Å². The Hall–Kier alpha value is -3.21. The maximum Gasteiger partial charge on any atom is 0.343 e. The molecule has 2 bridgehead atoms. The summed E-state index contributed by atoms with van der Waals surface area (Å²) in [5.41, 5.74) is 1.76. The summed E-state index contributed by atoms with van der Waals surface area (Å²) in [5, 5.41) is 0. The number of imide groups is 1. The van der Waals surface area contributed by atoms with Gasteiger partial charge in [0.05, 0.1) is 23.1 Å². The third-order valence-electron chi connectivity index (χ3n) is 7.20. The Labute approximate surface area is 174 Å². The van der Waals surface area contributed by atoms with Crippen molar-refractivity contribution in [2.75, 3.05) is 4.90 Å². The van der Waals surface area contributed by atoms with Gasteiger partial charge in [0.1, 0.15) is 5.75 Å².